The Morgan fingerprint density at radius 3 is 2.72 bits per heavy atom. The summed E-state index contributed by atoms with van der Waals surface area (Å²) in [5.74, 6) is -0.115. The van der Waals surface area contributed by atoms with Crippen LogP contribution in [0.25, 0.3) is 10.8 Å². The molecular formula is C20H23NO3S. The van der Waals surface area contributed by atoms with Crippen molar-refractivity contribution in [3.63, 3.8) is 0 Å². The largest absolute Gasteiger partial charge is 0.467 e. The van der Waals surface area contributed by atoms with Crippen molar-refractivity contribution < 1.29 is 14.3 Å². The van der Waals surface area contributed by atoms with E-state index in [4.69, 9.17) is 4.74 Å². The fraction of sp³-hybridized carbons (Fsp3) is 0.400. The van der Waals surface area contributed by atoms with Gasteiger partial charge in [0.25, 0.3) is 0 Å². The number of benzene rings is 2. The van der Waals surface area contributed by atoms with Gasteiger partial charge in [0.05, 0.1) is 13.0 Å². The summed E-state index contributed by atoms with van der Waals surface area (Å²) >= 11 is 4.39. The second kappa shape index (κ2) is 7.91. The van der Waals surface area contributed by atoms with Crippen LogP contribution < -0.4 is 0 Å². The first kappa shape index (κ1) is 17.8. The molecule has 0 spiro atoms. The Kier molecular flexibility index (Phi) is 5.63. The zero-order chi connectivity index (χ0) is 17.8. The molecular weight excluding hydrogens is 334 g/mol. The maximum atomic E-state index is 12.9. The zero-order valence-corrected chi connectivity index (χ0v) is 15.2. The molecule has 1 unspecified atom stereocenters. The first-order chi connectivity index (χ1) is 12.1. The van der Waals surface area contributed by atoms with Gasteiger partial charge in [-0.15, -0.1) is 0 Å². The normalized spacial score (nSPS) is 18.3. The molecule has 1 heterocycles. The summed E-state index contributed by atoms with van der Waals surface area (Å²) in [5.41, 5.74) is 1.11. The molecule has 0 N–H and O–H groups in total. The molecule has 0 aliphatic carbocycles. The summed E-state index contributed by atoms with van der Waals surface area (Å²) in [6, 6.07) is 14.0. The Bertz CT molecular complexity index is 776. The third-order valence-electron chi connectivity index (χ3n) is 4.87. The highest BCUT2D eigenvalue weighted by Crippen LogP contribution is 2.24. The van der Waals surface area contributed by atoms with Crippen molar-refractivity contribution in [2.45, 2.75) is 25.3 Å². The van der Waals surface area contributed by atoms with Gasteiger partial charge in [-0.3, -0.25) is 4.79 Å². The molecule has 4 nitrogen and oxygen atoms in total. The molecule has 25 heavy (non-hydrogen) atoms. The lowest BCUT2D eigenvalue weighted by Gasteiger charge is -2.27. The number of hydrogen-bond donors (Lipinski definition) is 1. The number of hydrogen-bond acceptors (Lipinski definition) is 4. The van der Waals surface area contributed by atoms with Gasteiger partial charge >= 0.3 is 5.97 Å². The van der Waals surface area contributed by atoms with Gasteiger partial charge in [0, 0.05) is 12.3 Å². The monoisotopic (exact) mass is 357 g/mol. The van der Waals surface area contributed by atoms with Crippen molar-refractivity contribution in [1.29, 1.82) is 0 Å². The molecule has 1 amide bonds. The molecule has 2 atom stereocenters. The number of carbonyl (C=O) groups excluding carboxylic acids is 2. The Labute approximate surface area is 153 Å². The van der Waals surface area contributed by atoms with E-state index in [0.29, 0.717) is 25.1 Å². The molecule has 1 aliphatic heterocycles. The lowest BCUT2D eigenvalue weighted by molar-refractivity contribution is -0.152. The van der Waals surface area contributed by atoms with E-state index < -0.39 is 6.04 Å². The van der Waals surface area contributed by atoms with Crippen LogP contribution in [0.15, 0.2) is 42.5 Å². The number of thiol groups is 1. The van der Waals surface area contributed by atoms with Crippen LogP contribution in [0.3, 0.4) is 0 Å². The highest BCUT2D eigenvalue weighted by molar-refractivity contribution is 7.80. The van der Waals surface area contributed by atoms with Crippen LogP contribution in [0.1, 0.15) is 18.4 Å². The summed E-state index contributed by atoms with van der Waals surface area (Å²) in [4.78, 5) is 26.5. The van der Waals surface area contributed by atoms with Gasteiger partial charge < -0.3 is 9.64 Å². The zero-order valence-electron chi connectivity index (χ0n) is 14.4. The summed E-state index contributed by atoms with van der Waals surface area (Å²) in [5, 5.41) is 2.35. The standard InChI is InChI=1S/C20H23NO3S/c1-24-20(23)18-7-4-10-21(18)19(22)17(13-25)12-14-8-9-15-5-2-3-6-16(15)11-14/h2-3,5-6,8-9,11,17-18,25H,4,7,10,12-13H2,1H3/t17?,18-/m0/s1. The van der Waals surface area contributed by atoms with E-state index in [1.54, 1.807) is 4.90 Å². The number of likely N-dealkylation sites (tertiary alicyclic amines) is 1. The van der Waals surface area contributed by atoms with Crippen LogP contribution in [0.2, 0.25) is 0 Å². The number of amides is 1. The van der Waals surface area contributed by atoms with Crippen LogP contribution in [0.4, 0.5) is 0 Å². The molecule has 0 bridgehead atoms. The van der Waals surface area contributed by atoms with Crippen molar-refractivity contribution in [2.24, 2.45) is 5.92 Å². The van der Waals surface area contributed by atoms with Crippen molar-refractivity contribution in [2.75, 3.05) is 19.4 Å². The molecule has 3 rings (SSSR count). The van der Waals surface area contributed by atoms with E-state index in [-0.39, 0.29) is 17.8 Å². The van der Waals surface area contributed by atoms with Gasteiger partial charge in [0.2, 0.25) is 5.91 Å². The number of esters is 1. The molecule has 1 fully saturated rings. The molecule has 2 aromatic rings. The molecule has 0 radical (unpaired) electrons. The van der Waals surface area contributed by atoms with E-state index in [1.165, 1.54) is 17.9 Å². The Balaban J connectivity index is 1.76. The number of carbonyl (C=O) groups is 2. The van der Waals surface area contributed by atoms with E-state index in [2.05, 4.69) is 43.0 Å². The van der Waals surface area contributed by atoms with Crippen molar-refractivity contribution in [3.8, 4) is 0 Å². The first-order valence-corrected chi connectivity index (χ1v) is 9.24. The van der Waals surface area contributed by atoms with Crippen LogP contribution in [-0.4, -0.2) is 42.2 Å². The van der Waals surface area contributed by atoms with E-state index >= 15 is 0 Å². The number of nitrogens with zero attached hydrogens (tertiary/aromatic N) is 1. The highest BCUT2D eigenvalue weighted by atomic mass is 32.1. The fourth-order valence-electron chi connectivity index (χ4n) is 3.53. The minimum Gasteiger partial charge on any atom is -0.467 e. The Morgan fingerprint density at radius 2 is 2.00 bits per heavy atom. The highest BCUT2D eigenvalue weighted by Gasteiger charge is 2.37. The molecule has 0 aromatic heterocycles. The third kappa shape index (κ3) is 3.82. The summed E-state index contributed by atoms with van der Waals surface area (Å²) in [7, 11) is 1.37. The predicted molar refractivity (Wildman–Crippen MR) is 102 cm³/mol. The number of ether oxygens (including phenoxy) is 1. The van der Waals surface area contributed by atoms with Crippen molar-refractivity contribution in [3.05, 3.63) is 48.0 Å². The summed E-state index contributed by atoms with van der Waals surface area (Å²) < 4.78 is 4.84. The van der Waals surface area contributed by atoms with Crippen LogP contribution >= 0.6 is 12.6 Å². The SMILES string of the molecule is COC(=O)[C@@H]1CCCN1C(=O)C(CS)Cc1ccc2ccccc2c1. The lowest BCUT2D eigenvalue weighted by Crippen LogP contribution is -2.45. The topological polar surface area (TPSA) is 46.6 Å². The predicted octanol–water partition coefficient (Wildman–Crippen LogP) is 3.09. The number of fused-ring (bicyclic) bond motifs is 1. The average molecular weight is 357 g/mol. The van der Waals surface area contributed by atoms with Crippen LogP contribution in [-0.2, 0) is 20.7 Å². The quantitative estimate of drug-likeness (QED) is 0.661. The maximum absolute atomic E-state index is 12.9. The summed E-state index contributed by atoms with van der Waals surface area (Å²) in [6.45, 7) is 0.612. The maximum Gasteiger partial charge on any atom is 0.328 e. The Morgan fingerprint density at radius 1 is 1.24 bits per heavy atom. The lowest BCUT2D eigenvalue weighted by atomic mass is 9.97. The number of methoxy groups -OCH3 is 1. The Hall–Kier alpha value is -2.01. The molecule has 1 saturated heterocycles. The van der Waals surface area contributed by atoms with Gasteiger partial charge in [-0.25, -0.2) is 4.79 Å². The molecule has 5 heteroatoms. The van der Waals surface area contributed by atoms with Gasteiger partial charge in [0.1, 0.15) is 6.04 Å². The van der Waals surface area contributed by atoms with Gasteiger partial charge in [-0.05, 0) is 35.6 Å². The molecule has 2 aromatic carbocycles. The van der Waals surface area contributed by atoms with Crippen molar-refractivity contribution in [1.82, 2.24) is 4.90 Å². The van der Waals surface area contributed by atoms with E-state index in [0.717, 1.165) is 12.0 Å². The van der Waals surface area contributed by atoms with E-state index in [1.807, 2.05) is 12.1 Å². The first-order valence-electron chi connectivity index (χ1n) is 8.61. The smallest absolute Gasteiger partial charge is 0.328 e. The van der Waals surface area contributed by atoms with Gasteiger partial charge in [-0.1, -0.05) is 42.5 Å². The number of rotatable bonds is 5. The molecule has 0 saturated carbocycles. The second-order valence-electron chi connectivity index (χ2n) is 6.48. The minimum atomic E-state index is -0.448. The van der Waals surface area contributed by atoms with Gasteiger partial charge in [-0.2, -0.15) is 12.6 Å². The fourth-order valence-corrected chi connectivity index (χ4v) is 3.81. The minimum absolute atomic E-state index is 0.00365. The molecule has 1 aliphatic rings. The third-order valence-corrected chi connectivity index (χ3v) is 5.32. The van der Waals surface area contributed by atoms with Crippen LogP contribution in [0, 0.1) is 5.92 Å². The molecule has 132 valence electrons. The average Bonchev–Trinajstić information content (AvgIpc) is 3.14. The second-order valence-corrected chi connectivity index (χ2v) is 6.84. The summed E-state index contributed by atoms with van der Waals surface area (Å²) in [6.07, 6.45) is 2.13. The van der Waals surface area contributed by atoms with Crippen LogP contribution in [0.5, 0.6) is 0 Å². The van der Waals surface area contributed by atoms with Gasteiger partial charge in [0.15, 0.2) is 0 Å². The van der Waals surface area contributed by atoms with Crippen molar-refractivity contribution >= 4 is 35.3 Å². The van der Waals surface area contributed by atoms with E-state index in [9.17, 15) is 9.59 Å².